The minimum Gasteiger partial charge on any atom is -0.345 e. The summed E-state index contributed by atoms with van der Waals surface area (Å²) in [6.45, 7) is 0. The van der Waals surface area contributed by atoms with Crippen LogP contribution < -0.4 is 10.9 Å². The second-order valence-corrected chi connectivity index (χ2v) is 7.56. The van der Waals surface area contributed by atoms with Gasteiger partial charge >= 0.3 is 0 Å². The third-order valence-electron chi connectivity index (χ3n) is 4.32. The van der Waals surface area contributed by atoms with Crippen molar-refractivity contribution >= 4 is 40.8 Å². The van der Waals surface area contributed by atoms with Gasteiger partial charge in [0, 0.05) is 16.2 Å². The quantitative estimate of drug-likeness (QED) is 0.586. The molecule has 3 aromatic rings. The highest BCUT2D eigenvalue weighted by Gasteiger charge is 2.23. The maximum absolute atomic E-state index is 13.6. The Morgan fingerprint density at radius 1 is 1.23 bits per heavy atom. The molecule has 0 saturated carbocycles. The first-order valence-corrected chi connectivity index (χ1v) is 9.40. The summed E-state index contributed by atoms with van der Waals surface area (Å²) in [5, 5.41) is 3.40. The largest absolute Gasteiger partial charge is 0.345 e. The summed E-state index contributed by atoms with van der Waals surface area (Å²) in [5.74, 6) is 0.255. The highest BCUT2D eigenvalue weighted by atomic mass is 32.2. The fourth-order valence-corrected chi connectivity index (χ4v) is 4.38. The Bertz CT molecular complexity index is 1140. The number of halogens is 1. The lowest BCUT2D eigenvalue weighted by molar-refractivity contribution is 0.0935. The summed E-state index contributed by atoms with van der Waals surface area (Å²) in [7, 11) is 0. The first-order valence-electron chi connectivity index (χ1n) is 8.01. The first-order chi connectivity index (χ1) is 12.5. The molecule has 0 spiro atoms. The summed E-state index contributed by atoms with van der Waals surface area (Å²) in [6, 6.07) is 9.17. The molecule has 1 aliphatic rings. The van der Waals surface area contributed by atoms with Gasteiger partial charge in [-0.15, -0.1) is 11.8 Å². The van der Waals surface area contributed by atoms with E-state index in [1.807, 2.05) is 0 Å². The van der Waals surface area contributed by atoms with Gasteiger partial charge in [-0.1, -0.05) is 0 Å². The van der Waals surface area contributed by atoms with Crippen LogP contribution >= 0.6 is 24.0 Å². The van der Waals surface area contributed by atoms with E-state index < -0.39 is 0 Å². The van der Waals surface area contributed by atoms with Crippen LogP contribution in [0.4, 0.5) is 4.39 Å². The third kappa shape index (κ3) is 3.17. The SMILES string of the molecule is O=C(N[C@@H]1CCSc2ccc(F)cc21)c1ccc2c(=O)[nH]c(=S)[nH]c2c1. The van der Waals surface area contributed by atoms with Crippen LogP contribution in [0.3, 0.4) is 0 Å². The number of carbonyl (C=O) groups is 1. The van der Waals surface area contributed by atoms with E-state index in [1.165, 1.54) is 12.1 Å². The predicted molar refractivity (Wildman–Crippen MR) is 102 cm³/mol. The van der Waals surface area contributed by atoms with E-state index in [2.05, 4.69) is 15.3 Å². The number of hydrogen-bond acceptors (Lipinski definition) is 4. The molecule has 1 aliphatic heterocycles. The summed E-state index contributed by atoms with van der Waals surface area (Å²) < 4.78 is 13.8. The number of H-pyrrole nitrogens is 2. The van der Waals surface area contributed by atoms with Crippen molar-refractivity contribution < 1.29 is 9.18 Å². The van der Waals surface area contributed by atoms with Gasteiger partial charge in [-0.2, -0.15) is 0 Å². The second kappa shape index (κ2) is 6.69. The molecule has 5 nitrogen and oxygen atoms in total. The van der Waals surface area contributed by atoms with Crippen LogP contribution in [0, 0.1) is 10.6 Å². The fourth-order valence-electron chi connectivity index (χ4n) is 3.07. The molecule has 1 atom stereocenters. The van der Waals surface area contributed by atoms with Crippen molar-refractivity contribution in [2.45, 2.75) is 17.4 Å². The van der Waals surface area contributed by atoms with E-state index in [-0.39, 0.29) is 28.1 Å². The molecule has 0 bridgehead atoms. The third-order valence-corrected chi connectivity index (χ3v) is 5.65. The highest BCUT2D eigenvalue weighted by molar-refractivity contribution is 7.99. The Labute approximate surface area is 157 Å². The van der Waals surface area contributed by atoms with Crippen molar-refractivity contribution in [2.24, 2.45) is 0 Å². The van der Waals surface area contributed by atoms with Gasteiger partial charge < -0.3 is 10.3 Å². The molecule has 1 amide bonds. The lowest BCUT2D eigenvalue weighted by Crippen LogP contribution is -2.30. The van der Waals surface area contributed by atoms with E-state index in [9.17, 15) is 14.0 Å². The number of aromatic amines is 2. The van der Waals surface area contributed by atoms with Gasteiger partial charge in [-0.25, -0.2) is 4.39 Å². The molecule has 8 heteroatoms. The maximum Gasteiger partial charge on any atom is 0.259 e. The molecular formula is C18H14FN3O2S2. The molecular weight excluding hydrogens is 373 g/mol. The molecule has 0 fully saturated rings. The zero-order valence-corrected chi connectivity index (χ0v) is 15.1. The highest BCUT2D eigenvalue weighted by Crippen LogP contribution is 2.36. The molecule has 26 heavy (non-hydrogen) atoms. The number of thioether (sulfide) groups is 1. The zero-order chi connectivity index (χ0) is 18.3. The van der Waals surface area contributed by atoms with Crippen molar-refractivity contribution in [1.29, 1.82) is 0 Å². The molecule has 0 radical (unpaired) electrons. The molecule has 2 aromatic carbocycles. The molecule has 0 unspecified atom stereocenters. The van der Waals surface area contributed by atoms with E-state index in [4.69, 9.17) is 12.2 Å². The van der Waals surface area contributed by atoms with Crippen LogP contribution in [0.5, 0.6) is 0 Å². The smallest absolute Gasteiger partial charge is 0.259 e. The van der Waals surface area contributed by atoms with Crippen molar-refractivity contribution in [3.05, 3.63) is 68.5 Å². The van der Waals surface area contributed by atoms with Gasteiger partial charge in [0.2, 0.25) is 0 Å². The maximum atomic E-state index is 13.6. The van der Waals surface area contributed by atoms with Gasteiger partial charge in [-0.05, 0) is 60.6 Å². The van der Waals surface area contributed by atoms with Crippen LogP contribution in [0.1, 0.15) is 28.4 Å². The molecule has 0 saturated heterocycles. The monoisotopic (exact) mass is 387 g/mol. The van der Waals surface area contributed by atoms with E-state index >= 15 is 0 Å². The lowest BCUT2D eigenvalue weighted by atomic mass is 10.0. The minimum atomic E-state index is -0.317. The van der Waals surface area contributed by atoms with Crippen molar-refractivity contribution in [1.82, 2.24) is 15.3 Å². The normalized spacial score (nSPS) is 16.3. The number of hydrogen-bond donors (Lipinski definition) is 3. The Hall–Kier alpha value is -2.45. The van der Waals surface area contributed by atoms with Gasteiger partial charge in [0.1, 0.15) is 5.82 Å². The van der Waals surface area contributed by atoms with E-state index in [0.29, 0.717) is 16.5 Å². The number of aromatic nitrogens is 2. The van der Waals surface area contributed by atoms with Crippen LogP contribution in [0.2, 0.25) is 0 Å². The standard InChI is InChI=1S/C18H14FN3O2S2/c19-10-2-4-15-12(8-10)13(5-6-26-15)20-16(23)9-1-3-11-14(7-9)21-18(25)22-17(11)24/h1-4,7-8,13H,5-6H2,(H,20,23)(H2,21,22,24,25)/t13-/m1/s1. The Morgan fingerprint density at radius 2 is 2.08 bits per heavy atom. The van der Waals surface area contributed by atoms with Crippen LogP contribution in [-0.2, 0) is 0 Å². The summed E-state index contributed by atoms with van der Waals surface area (Å²) in [4.78, 5) is 30.9. The number of carbonyl (C=O) groups excluding carboxylic acids is 1. The predicted octanol–water partition coefficient (Wildman–Crippen LogP) is 3.69. The summed E-state index contributed by atoms with van der Waals surface area (Å²) >= 11 is 6.63. The fraction of sp³-hybridized carbons (Fsp3) is 0.167. The van der Waals surface area contributed by atoms with Crippen LogP contribution in [0.25, 0.3) is 10.9 Å². The van der Waals surface area contributed by atoms with Gasteiger partial charge in [0.15, 0.2) is 4.77 Å². The Balaban J connectivity index is 1.65. The molecule has 3 N–H and O–H groups in total. The zero-order valence-electron chi connectivity index (χ0n) is 13.5. The summed E-state index contributed by atoms with van der Waals surface area (Å²) in [6.07, 6.45) is 0.725. The second-order valence-electron chi connectivity index (χ2n) is 6.01. The molecule has 4 rings (SSSR count). The average Bonchev–Trinajstić information content (AvgIpc) is 2.61. The minimum absolute atomic E-state index is 0.203. The summed E-state index contributed by atoms with van der Waals surface area (Å²) in [5.41, 5.74) is 1.40. The van der Waals surface area contributed by atoms with E-state index in [0.717, 1.165) is 22.6 Å². The van der Waals surface area contributed by atoms with Gasteiger partial charge in [-0.3, -0.25) is 14.6 Å². The molecule has 1 aromatic heterocycles. The van der Waals surface area contributed by atoms with Crippen molar-refractivity contribution in [2.75, 3.05) is 5.75 Å². The Morgan fingerprint density at radius 3 is 2.92 bits per heavy atom. The van der Waals surface area contributed by atoms with Crippen LogP contribution in [0.15, 0.2) is 46.1 Å². The first kappa shape index (κ1) is 17.0. The molecule has 132 valence electrons. The molecule has 2 heterocycles. The number of fused-ring (bicyclic) bond motifs is 2. The van der Waals surface area contributed by atoms with Crippen molar-refractivity contribution in [3.63, 3.8) is 0 Å². The van der Waals surface area contributed by atoms with Crippen molar-refractivity contribution in [3.8, 4) is 0 Å². The molecule has 0 aliphatic carbocycles. The average molecular weight is 387 g/mol. The number of nitrogens with one attached hydrogen (secondary N) is 3. The number of amides is 1. The Kier molecular flexibility index (Phi) is 4.37. The lowest BCUT2D eigenvalue weighted by Gasteiger charge is -2.26. The van der Waals surface area contributed by atoms with Crippen LogP contribution in [-0.4, -0.2) is 21.6 Å². The number of benzene rings is 2. The van der Waals surface area contributed by atoms with Gasteiger partial charge in [0.25, 0.3) is 11.5 Å². The van der Waals surface area contributed by atoms with Gasteiger partial charge in [0.05, 0.1) is 16.9 Å². The topological polar surface area (TPSA) is 77.8 Å². The van der Waals surface area contributed by atoms with E-state index in [1.54, 1.807) is 36.0 Å². The number of rotatable bonds is 2.